The summed E-state index contributed by atoms with van der Waals surface area (Å²) in [5, 5.41) is 0. The summed E-state index contributed by atoms with van der Waals surface area (Å²) >= 11 is 0. The molecule has 0 aromatic heterocycles. The Morgan fingerprint density at radius 2 is 1.93 bits per heavy atom. The summed E-state index contributed by atoms with van der Waals surface area (Å²) in [5.41, 5.74) is 6.20. The molecule has 1 saturated carbocycles. The van der Waals surface area contributed by atoms with Gasteiger partial charge in [-0.05, 0) is 38.8 Å². The molecule has 0 aromatic carbocycles. The second-order valence-electron chi connectivity index (χ2n) is 4.82. The summed E-state index contributed by atoms with van der Waals surface area (Å²) in [7, 11) is 2.22. The van der Waals surface area contributed by atoms with E-state index in [0.29, 0.717) is 6.04 Å². The number of hydrogen-bond acceptors (Lipinski definition) is 2. The van der Waals surface area contributed by atoms with Crippen LogP contribution >= 0.6 is 0 Å². The molecule has 1 fully saturated rings. The van der Waals surface area contributed by atoms with Crippen molar-refractivity contribution < 1.29 is 0 Å². The van der Waals surface area contributed by atoms with E-state index in [2.05, 4.69) is 18.9 Å². The Kier molecular flexibility index (Phi) is 5.49. The van der Waals surface area contributed by atoms with Crippen LogP contribution in [0.3, 0.4) is 0 Å². The Labute approximate surface area is 88.8 Å². The third-order valence-corrected chi connectivity index (χ3v) is 3.37. The van der Waals surface area contributed by atoms with Crippen LogP contribution < -0.4 is 5.73 Å². The minimum atomic E-state index is 0.455. The Morgan fingerprint density at radius 3 is 2.64 bits per heavy atom. The molecule has 0 aromatic rings. The average molecular weight is 198 g/mol. The fourth-order valence-electron chi connectivity index (χ4n) is 2.51. The third kappa shape index (κ3) is 3.97. The molecule has 0 heterocycles. The van der Waals surface area contributed by atoms with E-state index in [4.69, 9.17) is 5.73 Å². The Morgan fingerprint density at radius 1 is 1.21 bits per heavy atom. The molecule has 2 heteroatoms. The summed E-state index contributed by atoms with van der Waals surface area (Å²) in [4.78, 5) is 2.44. The fourth-order valence-corrected chi connectivity index (χ4v) is 2.51. The molecule has 1 aliphatic rings. The van der Waals surface area contributed by atoms with Crippen LogP contribution in [0.15, 0.2) is 0 Å². The van der Waals surface area contributed by atoms with Gasteiger partial charge in [0.15, 0.2) is 0 Å². The van der Waals surface area contributed by atoms with Gasteiger partial charge in [0, 0.05) is 12.6 Å². The summed E-state index contributed by atoms with van der Waals surface area (Å²) in [6.07, 6.45) is 7.95. The van der Waals surface area contributed by atoms with Crippen molar-refractivity contribution in [2.24, 2.45) is 11.7 Å². The molecule has 0 spiro atoms. The second-order valence-corrected chi connectivity index (χ2v) is 4.82. The van der Waals surface area contributed by atoms with Gasteiger partial charge in [0.1, 0.15) is 0 Å². The molecule has 0 radical (unpaired) electrons. The molecule has 2 unspecified atom stereocenters. The van der Waals surface area contributed by atoms with Crippen molar-refractivity contribution >= 4 is 0 Å². The Balaban J connectivity index is 2.32. The molecule has 84 valence electrons. The van der Waals surface area contributed by atoms with Crippen molar-refractivity contribution in [2.75, 3.05) is 20.1 Å². The summed E-state index contributed by atoms with van der Waals surface area (Å²) in [5.74, 6) is 0.744. The molecule has 0 bridgehead atoms. The van der Waals surface area contributed by atoms with E-state index < -0.39 is 0 Å². The van der Waals surface area contributed by atoms with Crippen molar-refractivity contribution in [3.63, 3.8) is 0 Å². The monoisotopic (exact) mass is 198 g/mol. The van der Waals surface area contributed by atoms with E-state index in [9.17, 15) is 0 Å². The van der Waals surface area contributed by atoms with Crippen LogP contribution in [-0.4, -0.2) is 31.1 Å². The van der Waals surface area contributed by atoms with Crippen LogP contribution in [-0.2, 0) is 0 Å². The van der Waals surface area contributed by atoms with Crippen LogP contribution in [0.5, 0.6) is 0 Å². The zero-order valence-corrected chi connectivity index (χ0v) is 9.84. The van der Waals surface area contributed by atoms with Gasteiger partial charge < -0.3 is 10.6 Å². The molecule has 2 N–H and O–H groups in total. The van der Waals surface area contributed by atoms with Crippen LogP contribution in [0, 0.1) is 5.92 Å². The number of nitrogens with zero attached hydrogens (tertiary/aromatic N) is 1. The third-order valence-electron chi connectivity index (χ3n) is 3.37. The van der Waals surface area contributed by atoms with E-state index in [-0.39, 0.29) is 0 Å². The van der Waals surface area contributed by atoms with E-state index >= 15 is 0 Å². The molecule has 1 aliphatic carbocycles. The van der Waals surface area contributed by atoms with Gasteiger partial charge in [-0.3, -0.25) is 0 Å². The summed E-state index contributed by atoms with van der Waals surface area (Å²) < 4.78 is 0. The van der Waals surface area contributed by atoms with Crippen LogP contribution in [0.25, 0.3) is 0 Å². The highest BCUT2D eigenvalue weighted by Crippen LogP contribution is 2.22. The molecule has 14 heavy (non-hydrogen) atoms. The van der Waals surface area contributed by atoms with Crippen molar-refractivity contribution in [3.05, 3.63) is 0 Å². The van der Waals surface area contributed by atoms with Gasteiger partial charge in [-0.2, -0.15) is 0 Å². The zero-order valence-electron chi connectivity index (χ0n) is 9.84. The summed E-state index contributed by atoms with van der Waals surface area (Å²) in [6.45, 7) is 4.65. The first-order chi connectivity index (χ1) is 6.74. The SMILES string of the molecule is CCCN(C)CC1CCCCCC1N. The van der Waals surface area contributed by atoms with E-state index in [1.807, 2.05) is 0 Å². The number of nitrogens with two attached hydrogens (primary N) is 1. The minimum absolute atomic E-state index is 0.455. The van der Waals surface area contributed by atoms with E-state index in [1.54, 1.807) is 0 Å². The largest absolute Gasteiger partial charge is 0.327 e. The quantitative estimate of drug-likeness (QED) is 0.702. The molecule has 2 atom stereocenters. The van der Waals surface area contributed by atoms with Gasteiger partial charge in [-0.15, -0.1) is 0 Å². The van der Waals surface area contributed by atoms with Crippen LogP contribution in [0.4, 0.5) is 0 Å². The van der Waals surface area contributed by atoms with Gasteiger partial charge in [0.2, 0.25) is 0 Å². The maximum absolute atomic E-state index is 6.20. The first-order valence-corrected chi connectivity index (χ1v) is 6.18. The molecule has 1 rings (SSSR count). The predicted octanol–water partition coefficient (Wildman–Crippen LogP) is 2.24. The van der Waals surface area contributed by atoms with Gasteiger partial charge in [0.25, 0.3) is 0 Å². The van der Waals surface area contributed by atoms with Gasteiger partial charge in [0.05, 0.1) is 0 Å². The minimum Gasteiger partial charge on any atom is -0.327 e. The highest BCUT2D eigenvalue weighted by atomic mass is 15.1. The molecule has 2 nitrogen and oxygen atoms in total. The standard InChI is InChI=1S/C12H26N2/c1-3-9-14(2)10-11-7-5-4-6-8-12(11)13/h11-12H,3-10,13H2,1-2H3. The maximum Gasteiger partial charge on any atom is 0.00793 e. The van der Waals surface area contributed by atoms with E-state index in [0.717, 1.165) is 5.92 Å². The Hall–Kier alpha value is -0.0800. The number of rotatable bonds is 4. The Bertz CT molecular complexity index is 147. The van der Waals surface area contributed by atoms with Gasteiger partial charge in [-0.25, -0.2) is 0 Å². The maximum atomic E-state index is 6.20. The highest BCUT2D eigenvalue weighted by molar-refractivity contribution is 4.78. The highest BCUT2D eigenvalue weighted by Gasteiger charge is 2.21. The smallest absolute Gasteiger partial charge is 0.00793 e. The lowest BCUT2D eigenvalue weighted by Gasteiger charge is -2.26. The molecular weight excluding hydrogens is 172 g/mol. The van der Waals surface area contributed by atoms with Crippen molar-refractivity contribution in [1.82, 2.24) is 4.90 Å². The zero-order chi connectivity index (χ0) is 10.4. The first kappa shape index (κ1) is 12.0. The summed E-state index contributed by atoms with van der Waals surface area (Å²) in [6, 6.07) is 0.455. The van der Waals surface area contributed by atoms with Gasteiger partial charge in [-0.1, -0.05) is 26.2 Å². The average Bonchev–Trinajstić information content (AvgIpc) is 2.33. The lowest BCUT2D eigenvalue weighted by atomic mass is 9.95. The molecular formula is C12H26N2. The van der Waals surface area contributed by atoms with E-state index in [1.165, 1.54) is 51.6 Å². The molecule has 0 amide bonds. The van der Waals surface area contributed by atoms with Crippen LogP contribution in [0.1, 0.15) is 45.4 Å². The first-order valence-electron chi connectivity index (χ1n) is 6.18. The topological polar surface area (TPSA) is 29.3 Å². The normalized spacial score (nSPS) is 29.1. The van der Waals surface area contributed by atoms with Gasteiger partial charge >= 0.3 is 0 Å². The molecule has 0 aliphatic heterocycles. The predicted molar refractivity (Wildman–Crippen MR) is 62.3 cm³/mol. The second kappa shape index (κ2) is 6.41. The van der Waals surface area contributed by atoms with Crippen molar-refractivity contribution in [3.8, 4) is 0 Å². The lowest BCUT2D eigenvalue weighted by molar-refractivity contribution is 0.243. The van der Waals surface area contributed by atoms with Crippen molar-refractivity contribution in [2.45, 2.75) is 51.5 Å². The van der Waals surface area contributed by atoms with Crippen molar-refractivity contribution in [1.29, 1.82) is 0 Å². The molecule has 0 saturated heterocycles. The number of hydrogen-bond donors (Lipinski definition) is 1. The van der Waals surface area contributed by atoms with Crippen LogP contribution in [0.2, 0.25) is 0 Å². The lowest BCUT2D eigenvalue weighted by Crippen LogP contribution is -2.37. The fraction of sp³-hybridized carbons (Fsp3) is 1.00.